The average Bonchev–Trinajstić information content (AvgIpc) is 2.45. The average molecular weight is 293 g/mol. The van der Waals surface area contributed by atoms with Gasteiger partial charge < -0.3 is 21.1 Å². The van der Waals surface area contributed by atoms with Gasteiger partial charge in [-0.3, -0.25) is 4.79 Å². The minimum absolute atomic E-state index is 0.195. The summed E-state index contributed by atoms with van der Waals surface area (Å²) in [4.78, 5) is 11.8. The van der Waals surface area contributed by atoms with E-state index in [0.717, 1.165) is 0 Å². The van der Waals surface area contributed by atoms with Crippen molar-refractivity contribution in [3.05, 3.63) is 35.9 Å². The molecule has 118 valence electrons. The van der Waals surface area contributed by atoms with E-state index in [1.165, 1.54) is 12.7 Å². The maximum absolute atomic E-state index is 11.8. The Labute approximate surface area is 127 Å². The number of amides is 1. The van der Waals surface area contributed by atoms with Gasteiger partial charge in [0.2, 0.25) is 5.91 Å². The monoisotopic (exact) mass is 293 g/mol. The lowest BCUT2D eigenvalue weighted by molar-refractivity contribution is -0.123. The lowest BCUT2D eigenvalue weighted by Crippen LogP contribution is -2.53. The molecule has 0 aromatic heterocycles. The fraction of sp³-hybridized carbons (Fsp3) is 0.562. The molecular weight excluding hydrogens is 266 g/mol. The Kier molecular flexibility index (Phi) is 6.81. The van der Waals surface area contributed by atoms with Crippen LogP contribution in [0.2, 0.25) is 0 Å². The second-order valence-corrected chi connectivity index (χ2v) is 5.94. The van der Waals surface area contributed by atoms with Gasteiger partial charge in [0.1, 0.15) is 6.04 Å². The molecule has 0 spiro atoms. The van der Waals surface area contributed by atoms with Crippen LogP contribution in [0.3, 0.4) is 0 Å². The van der Waals surface area contributed by atoms with Crippen molar-refractivity contribution in [3.63, 3.8) is 0 Å². The lowest BCUT2D eigenvalue weighted by Gasteiger charge is -2.31. The summed E-state index contributed by atoms with van der Waals surface area (Å²) in [5.74, 6) is -0.195. The maximum atomic E-state index is 11.8. The van der Waals surface area contributed by atoms with Gasteiger partial charge in [-0.05, 0) is 26.3 Å². The van der Waals surface area contributed by atoms with Gasteiger partial charge >= 0.3 is 0 Å². The number of nitrogens with one attached hydrogen (secondary N) is 2. The highest BCUT2D eigenvalue weighted by Gasteiger charge is 2.23. The molecule has 0 heterocycles. The van der Waals surface area contributed by atoms with Crippen LogP contribution in [0.4, 0.5) is 0 Å². The van der Waals surface area contributed by atoms with E-state index >= 15 is 0 Å². The minimum Gasteiger partial charge on any atom is -0.383 e. The number of carbonyl (C=O) groups is 1. The number of ether oxygens (including phenoxy) is 1. The van der Waals surface area contributed by atoms with Crippen molar-refractivity contribution in [1.82, 2.24) is 10.6 Å². The largest absolute Gasteiger partial charge is 0.383 e. The number of carbonyl (C=O) groups excluding carboxylic acids is 1. The maximum Gasteiger partial charge on any atom is 0.239 e. The minimum atomic E-state index is -0.627. The van der Waals surface area contributed by atoms with Crippen molar-refractivity contribution < 1.29 is 9.53 Å². The second kappa shape index (κ2) is 8.12. The zero-order valence-corrected chi connectivity index (χ0v) is 13.3. The quantitative estimate of drug-likeness (QED) is 0.673. The van der Waals surface area contributed by atoms with Crippen LogP contribution in [0.15, 0.2) is 30.3 Å². The summed E-state index contributed by atoms with van der Waals surface area (Å²) in [7, 11) is 1.53. The van der Waals surface area contributed by atoms with E-state index in [2.05, 4.69) is 43.5 Å². The molecule has 1 aromatic carbocycles. The standard InChI is InChI=1S/C16H27N3O2/c1-12(13-8-6-5-7-9-13)19-16(2,3)11-18-15(20)14(17)10-21-4/h5-9,12,14,19H,10-11,17H2,1-4H3,(H,18,20). The van der Waals surface area contributed by atoms with Gasteiger partial charge in [0.15, 0.2) is 0 Å². The first-order chi connectivity index (χ1) is 9.85. The predicted molar refractivity (Wildman–Crippen MR) is 84.9 cm³/mol. The van der Waals surface area contributed by atoms with Gasteiger partial charge in [0.05, 0.1) is 6.61 Å². The van der Waals surface area contributed by atoms with Crippen LogP contribution in [-0.4, -0.2) is 37.7 Å². The molecule has 0 saturated carbocycles. The third kappa shape index (κ3) is 6.25. The van der Waals surface area contributed by atoms with Gasteiger partial charge in [-0.25, -0.2) is 0 Å². The van der Waals surface area contributed by atoms with Crippen LogP contribution < -0.4 is 16.4 Å². The summed E-state index contributed by atoms with van der Waals surface area (Å²) in [5.41, 5.74) is 6.67. The molecule has 4 N–H and O–H groups in total. The molecule has 0 saturated heterocycles. The van der Waals surface area contributed by atoms with Gasteiger partial charge in [-0.1, -0.05) is 30.3 Å². The van der Waals surface area contributed by atoms with Crippen LogP contribution in [-0.2, 0) is 9.53 Å². The van der Waals surface area contributed by atoms with Crippen LogP contribution in [0.1, 0.15) is 32.4 Å². The van der Waals surface area contributed by atoms with E-state index in [4.69, 9.17) is 10.5 Å². The first-order valence-electron chi connectivity index (χ1n) is 7.20. The zero-order valence-electron chi connectivity index (χ0n) is 13.3. The number of hydrogen-bond donors (Lipinski definition) is 3. The first kappa shape index (κ1) is 17.6. The SMILES string of the molecule is COCC(N)C(=O)NCC(C)(C)NC(C)c1ccccc1. The van der Waals surface area contributed by atoms with Gasteiger partial charge in [0.25, 0.3) is 0 Å². The van der Waals surface area contributed by atoms with Crippen molar-refractivity contribution in [2.75, 3.05) is 20.3 Å². The molecule has 0 aliphatic rings. The van der Waals surface area contributed by atoms with E-state index in [1.54, 1.807) is 0 Å². The normalized spacial score (nSPS) is 14.5. The Hall–Kier alpha value is -1.43. The van der Waals surface area contributed by atoms with Crippen LogP contribution >= 0.6 is 0 Å². The van der Waals surface area contributed by atoms with E-state index in [0.29, 0.717) is 6.54 Å². The Morgan fingerprint density at radius 2 is 1.95 bits per heavy atom. The molecule has 1 amide bonds. The Morgan fingerprint density at radius 3 is 2.52 bits per heavy atom. The number of benzene rings is 1. The molecule has 5 heteroatoms. The van der Waals surface area contributed by atoms with E-state index in [1.807, 2.05) is 18.2 Å². The predicted octanol–water partition coefficient (Wildman–Crippen LogP) is 1.21. The zero-order chi connectivity index (χ0) is 15.9. The summed E-state index contributed by atoms with van der Waals surface area (Å²) < 4.78 is 4.88. The molecule has 21 heavy (non-hydrogen) atoms. The molecule has 1 rings (SSSR count). The third-order valence-electron chi connectivity index (χ3n) is 3.29. The van der Waals surface area contributed by atoms with Gasteiger partial charge in [-0.2, -0.15) is 0 Å². The first-order valence-corrected chi connectivity index (χ1v) is 7.20. The number of methoxy groups -OCH3 is 1. The van der Waals surface area contributed by atoms with Crippen LogP contribution in [0.5, 0.6) is 0 Å². The van der Waals surface area contributed by atoms with E-state index in [-0.39, 0.29) is 24.1 Å². The molecule has 0 radical (unpaired) electrons. The molecular formula is C16H27N3O2. The Bertz CT molecular complexity index is 434. The summed E-state index contributed by atoms with van der Waals surface area (Å²) in [6.45, 7) is 6.93. The third-order valence-corrected chi connectivity index (χ3v) is 3.29. The highest BCUT2D eigenvalue weighted by atomic mass is 16.5. The van der Waals surface area contributed by atoms with Crippen molar-refractivity contribution in [1.29, 1.82) is 0 Å². The Morgan fingerprint density at radius 1 is 1.33 bits per heavy atom. The second-order valence-electron chi connectivity index (χ2n) is 5.94. The Balaban J connectivity index is 2.48. The van der Waals surface area contributed by atoms with Crippen molar-refractivity contribution >= 4 is 5.91 Å². The summed E-state index contributed by atoms with van der Waals surface area (Å²) in [5, 5.41) is 6.37. The molecule has 5 nitrogen and oxygen atoms in total. The summed E-state index contributed by atoms with van der Waals surface area (Å²) in [6, 6.07) is 9.78. The van der Waals surface area contributed by atoms with E-state index in [9.17, 15) is 4.79 Å². The van der Waals surface area contributed by atoms with Crippen LogP contribution in [0.25, 0.3) is 0 Å². The van der Waals surface area contributed by atoms with Crippen molar-refractivity contribution in [2.24, 2.45) is 5.73 Å². The summed E-state index contributed by atoms with van der Waals surface area (Å²) in [6.07, 6.45) is 0. The van der Waals surface area contributed by atoms with Gasteiger partial charge in [0, 0.05) is 25.2 Å². The highest BCUT2D eigenvalue weighted by molar-refractivity contribution is 5.81. The molecule has 0 aliphatic heterocycles. The molecule has 1 aromatic rings. The van der Waals surface area contributed by atoms with E-state index < -0.39 is 6.04 Å². The van der Waals surface area contributed by atoms with Crippen LogP contribution in [0, 0.1) is 0 Å². The molecule has 0 bridgehead atoms. The molecule has 2 atom stereocenters. The molecule has 2 unspecified atom stereocenters. The van der Waals surface area contributed by atoms with Crippen molar-refractivity contribution in [2.45, 2.75) is 38.4 Å². The number of nitrogens with two attached hydrogens (primary N) is 1. The molecule has 0 fully saturated rings. The lowest BCUT2D eigenvalue weighted by atomic mass is 10.0. The number of rotatable bonds is 8. The fourth-order valence-corrected chi connectivity index (χ4v) is 2.16. The molecule has 0 aliphatic carbocycles. The summed E-state index contributed by atoms with van der Waals surface area (Å²) >= 11 is 0. The highest BCUT2D eigenvalue weighted by Crippen LogP contribution is 2.15. The smallest absolute Gasteiger partial charge is 0.239 e. The number of hydrogen-bond acceptors (Lipinski definition) is 4. The van der Waals surface area contributed by atoms with Crippen molar-refractivity contribution in [3.8, 4) is 0 Å². The fourth-order valence-electron chi connectivity index (χ4n) is 2.16. The van der Waals surface area contributed by atoms with Gasteiger partial charge in [-0.15, -0.1) is 0 Å². The topological polar surface area (TPSA) is 76.4 Å².